The topological polar surface area (TPSA) is 42.6 Å². The van der Waals surface area contributed by atoms with Crippen LogP contribution in [0.3, 0.4) is 0 Å². The molecule has 2 aromatic rings. The van der Waals surface area contributed by atoms with Crippen molar-refractivity contribution >= 4 is 0 Å². The summed E-state index contributed by atoms with van der Waals surface area (Å²) in [5, 5.41) is 9.97. The molecule has 0 radical (unpaired) electrons. The summed E-state index contributed by atoms with van der Waals surface area (Å²) in [6, 6.07) is 10.8. The zero-order valence-electron chi connectivity index (χ0n) is 9.09. The Hall–Kier alpha value is -1.74. The molecule has 1 aromatic carbocycles. The molecule has 0 saturated carbocycles. The van der Waals surface area contributed by atoms with E-state index in [4.69, 9.17) is 9.15 Å². The number of ether oxygens (including phenoxy) is 1. The van der Waals surface area contributed by atoms with Crippen LogP contribution in [0.25, 0.3) is 0 Å². The third-order valence-corrected chi connectivity index (χ3v) is 2.32. The molecule has 0 aliphatic heterocycles. The van der Waals surface area contributed by atoms with Crippen LogP contribution in [0.4, 0.5) is 0 Å². The molecule has 1 atom stereocenters. The molecule has 0 saturated heterocycles. The lowest BCUT2D eigenvalue weighted by atomic mass is 10.1. The average molecular weight is 218 g/mol. The largest absolute Gasteiger partial charge is 0.494 e. The molecule has 1 N–H and O–H groups in total. The molecule has 84 valence electrons. The van der Waals surface area contributed by atoms with Crippen molar-refractivity contribution < 1.29 is 14.3 Å². The van der Waals surface area contributed by atoms with E-state index in [1.807, 2.05) is 31.2 Å². The molecule has 0 bridgehead atoms. The van der Waals surface area contributed by atoms with E-state index >= 15 is 0 Å². The molecule has 1 unspecified atom stereocenters. The zero-order chi connectivity index (χ0) is 11.4. The highest BCUT2D eigenvalue weighted by molar-refractivity contribution is 5.31. The van der Waals surface area contributed by atoms with Gasteiger partial charge >= 0.3 is 0 Å². The Morgan fingerprint density at radius 2 is 2.00 bits per heavy atom. The maximum Gasteiger partial charge on any atom is 0.137 e. The molecule has 0 aliphatic carbocycles. The fraction of sp³-hybridized carbons (Fsp3) is 0.231. The maximum absolute atomic E-state index is 9.97. The lowest BCUT2D eigenvalue weighted by molar-refractivity contribution is 0.189. The molecule has 2 rings (SSSR count). The summed E-state index contributed by atoms with van der Waals surface area (Å²) in [5.74, 6) is 1.35. The van der Waals surface area contributed by atoms with Gasteiger partial charge in [0, 0.05) is 0 Å². The Bertz CT molecular complexity index is 417. The Balaban J connectivity index is 2.15. The van der Waals surface area contributed by atoms with Crippen LogP contribution in [0.2, 0.25) is 0 Å². The molecular weight excluding hydrogens is 204 g/mol. The summed E-state index contributed by atoms with van der Waals surface area (Å²) >= 11 is 0. The molecule has 1 aromatic heterocycles. The van der Waals surface area contributed by atoms with Crippen LogP contribution in [-0.4, -0.2) is 11.7 Å². The number of aliphatic hydroxyl groups excluding tert-OH is 1. The third kappa shape index (κ3) is 2.25. The van der Waals surface area contributed by atoms with Gasteiger partial charge in [0.25, 0.3) is 0 Å². The minimum Gasteiger partial charge on any atom is -0.494 e. The van der Waals surface area contributed by atoms with Gasteiger partial charge in [-0.2, -0.15) is 0 Å². The summed E-state index contributed by atoms with van der Waals surface area (Å²) in [7, 11) is 0. The van der Waals surface area contributed by atoms with E-state index in [9.17, 15) is 5.11 Å². The van der Waals surface area contributed by atoms with Crippen molar-refractivity contribution in [1.82, 2.24) is 0 Å². The Morgan fingerprint density at radius 3 is 2.56 bits per heavy atom. The second-order valence-electron chi connectivity index (χ2n) is 3.42. The van der Waals surface area contributed by atoms with Crippen LogP contribution in [0.15, 0.2) is 47.1 Å². The predicted molar refractivity (Wildman–Crippen MR) is 60.4 cm³/mol. The monoisotopic (exact) mass is 218 g/mol. The number of furan rings is 1. The van der Waals surface area contributed by atoms with Gasteiger partial charge in [0.15, 0.2) is 0 Å². The Morgan fingerprint density at radius 1 is 1.25 bits per heavy atom. The summed E-state index contributed by atoms with van der Waals surface area (Å²) in [4.78, 5) is 0. The minimum atomic E-state index is -0.717. The van der Waals surface area contributed by atoms with Crippen LogP contribution < -0.4 is 4.74 Å². The SMILES string of the molecule is CCOc1ccc(C(O)c2ccco2)cc1. The Labute approximate surface area is 94.3 Å². The van der Waals surface area contributed by atoms with E-state index in [1.165, 1.54) is 0 Å². The summed E-state index contributed by atoms with van der Waals surface area (Å²) in [5.41, 5.74) is 0.790. The fourth-order valence-electron chi connectivity index (χ4n) is 1.52. The molecule has 0 aliphatic rings. The fourth-order valence-corrected chi connectivity index (χ4v) is 1.52. The normalized spacial score (nSPS) is 12.4. The van der Waals surface area contributed by atoms with Crippen molar-refractivity contribution in [1.29, 1.82) is 0 Å². The van der Waals surface area contributed by atoms with Crippen molar-refractivity contribution in [3.05, 3.63) is 54.0 Å². The van der Waals surface area contributed by atoms with Gasteiger partial charge in [-0.15, -0.1) is 0 Å². The number of hydrogen-bond donors (Lipinski definition) is 1. The number of rotatable bonds is 4. The van der Waals surface area contributed by atoms with Crippen molar-refractivity contribution in [2.45, 2.75) is 13.0 Å². The zero-order valence-corrected chi connectivity index (χ0v) is 9.09. The molecule has 0 fully saturated rings. The summed E-state index contributed by atoms with van der Waals surface area (Å²) in [6.07, 6.45) is 0.832. The summed E-state index contributed by atoms with van der Waals surface area (Å²) in [6.45, 7) is 2.58. The van der Waals surface area contributed by atoms with Crippen molar-refractivity contribution in [2.75, 3.05) is 6.61 Å². The van der Waals surface area contributed by atoms with Crippen LogP contribution in [0.1, 0.15) is 24.4 Å². The van der Waals surface area contributed by atoms with Crippen molar-refractivity contribution in [3.8, 4) is 5.75 Å². The second kappa shape index (κ2) is 4.86. The van der Waals surface area contributed by atoms with E-state index in [0.29, 0.717) is 12.4 Å². The van der Waals surface area contributed by atoms with Gasteiger partial charge in [-0.05, 0) is 36.8 Å². The number of benzene rings is 1. The van der Waals surface area contributed by atoms with Gasteiger partial charge in [-0.3, -0.25) is 0 Å². The first-order chi connectivity index (χ1) is 7.81. The maximum atomic E-state index is 9.97. The van der Waals surface area contributed by atoms with Gasteiger partial charge in [0.1, 0.15) is 17.6 Å². The van der Waals surface area contributed by atoms with E-state index in [2.05, 4.69) is 0 Å². The first-order valence-corrected chi connectivity index (χ1v) is 5.25. The predicted octanol–water partition coefficient (Wildman–Crippen LogP) is 2.76. The quantitative estimate of drug-likeness (QED) is 0.858. The third-order valence-electron chi connectivity index (χ3n) is 2.32. The molecule has 3 nitrogen and oxygen atoms in total. The van der Waals surface area contributed by atoms with E-state index in [1.54, 1.807) is 18.4 Å². The molecule has 0 amide bonds. The van der Waals surface area contributed by atoms with Gasteiger partial charge in [-0.1, -0.05) is 12.1 Å². The van der Waals surface area contributed by atoms with Gasteiger partial charge in [0.05, 0.1) is 12.9 Å². The smallest absolute Gasteiger partial charge is 0.137 e. The molecule has 16 heavy (non-hydrogen) atoms. The minimum absolute atomic E-state index is 0.546. The van der Waals surface area contributed by atoms with Crippen molar-refractivity contribution in [3.63, 3.8) is 0 Å². The second-order valence-corrected chi connectivity index (χ2v) is 3.42. The highest BCUT2D eigenvalue weighted by atomic mass is 16.5. The highest BCUT2D eigenvalue weighted by Gasteiger charge is 2.12. The lowest BCUT2D eigenvalue weighted by Gasteiger charge is -2.09. The van der Waals surface area contributed by atoms with Crippen LogP contribution in [0.5, 0.6) is 5.75 Å². The van der Waals surface area contributed by atoms with Gasteiger partial charge in [-0.25, -0.2) is 0 Å². The van der Waals surface area contributed by atoms with Gasteiger partial charge in [0.2, 0.25) is 0 Å². The first kappa shape index (κ1) is 10.8. The molecule has 0 spiro atoms. The van der Waals surface area contributed by atoms with E-state index in [0.717, 1.165) is 11.3 Å². The number of aliphatic hydroxyl groups is 1. The highest BCUT2D eigenvalue weighted by Crippen LogP contribution is 2.24. The average Bonchev–Trinajstić information content (AvgIpc) is 2.83. The lowest BCUT2D eigenvalue weighted by Crippen LogP contribution is -1.98. The van der Waals surface area contributed by atoms with Crippen LogP contribution >= 0.6 is 0 Å². The number of hydrogen-bond acceptors (Lipinski definition) is 3. The van der Waals surface area contributed by atoms with Crippen LogP contribution in [0, 0.1) is 0 Å². The first-order valence-electron chi connectivity index (χ1n) is 5.25. The van der Waals surface area contributed by atoms with E-state index in [-0.39, 0.29) is 0 Å². The Kier molecular flexibility index (Phi) is 3.27. The molecule has 1 heterocycles. The van der Waals surface area contributed by atoms with Crippen molar-refractivity contribution in [2.24, 2.45) is 0 Å². The molecular formula is C13H14O3. The van der Waals surface area contributed by atoms with E-state index < -0.39 is 6.10 Å². The standard InChI is InChI=1S/C13H14O3/c1-2-15-11-7-5-10(6-8-11)13(14)12-4-3-9-16-12/h3-9,13-14H,2H2,1H3. The molecule has 3 heteroatoms. The summed E-state index contributed by atoms with van der Waals surface area (Å²) < 4.78 is 10.5. The van der Waals surface area contributed by atoms with Gasteiger partial charge < -0.3 is 14.3 Å². The van der Waals surface area contributed by atoms with Crippen LogP contribution in [-0.2, 0) is 0 Å².